The highest BCUT2D eigenvalue weighted by atomic mass is 16.5. The first kappa shape index (κ1) is 17.5. The molecule has 1 aliphatic rings. The molecule has 0 aromatic carbocycles. The first-order valence-corrected chi connectivity index (χ1v) is 8.61. The third-order valence-corrected chi connectivity index (χ3v) is 4.28. The van der Waals surface area contributed by atoms with Crippen LogP contribution in [-0.2, 0) is 4.74 Å². The summed E-state index contributed by atoms with van der Waals surface area (Å²) in [6.07, 6.45) is 2.09. The van der Waals surface area contributed by atoms with Crippen LogP contribution in [0.5, 0.6) is 5.88 Å². The van der Waals surface area contributed by atoms with Gasteiger partial charge in [-0.2, -0.15) is 0 Å². The van der Waals surface area contributed by atoms with Crippen LogP contribution in [0.4, 0.5) is 0 Å². The minimum Gasteiger partial charge on any atom is -0.470 e. The molecule has 1 saturated heterocycles. The fraction of sp³-hybridized carbons (Fsp3) is 0.474. The van der Waals surface area contributed by atoms with E-state index in [0.717, 1.165) is 5.76 Å². The van der Waals surface area contributed by atoms with E-state index in [2.05, 4.69) is 10.3 Å². The molecule has 1 amide bonds. The predicted octanol–water partition coefficient (Wildman–Crippen LogP) is 3.07. The largest absolute Gasteiger partial charge is 0.470 e. The first-order chi connectivity index (χ1) is 12.0. The average Bonchev–Trinajstić information content (AvgIpc) is 3.00. The molecule has 1 fully saturated rings. The zero-order valence-electron chi connectivity index (χ0n) is 14.8. The van der Waals surface area contributed by atoms with E-state index in [1.54, 1.807) is 12.3 Å². The summed E-state index contributed by atoms with van der Waals surface area (Å²) >= 11 is 0. The van der Waals surface area contributed by atoms with Crippen molar-refractivity contribution in [3.63, 3.8) is 0 Å². The number of ether oxygens (including phenoxy) is 2. The smallest absolute Gasteiger partial charge is 0.255 e. The lowest BCUT2D eigenvalue weighted by Gasteiger charge is -2.31. The molecule has 0 saturated carbocycles. The number of pyridine rings is 1. The summed E-state index contributed by atoms with van der Waals surface area (Å²) in [5.41, 5.74) is 0.576. The lowest BCUT2D eigenvalue weighted by Crippen LogP contribution is -2.51. The summed E-state index contributed by atoms with van der Waals surface area (Å²) in [6.45, 7) is 6.90. The maximum absolute atomic E-state index is 12.7. The van der Waals surface area contributed by atoms with Crippen LogP contribution in [0.1, 0.15) is 48.1 Å². The molecule has 0 bridgehead atoms. The van der Waals surface area contributed by atoms with Gasteiger partial charge < -0.3 is 19.2 Å². The minimum absolute atomic E-state index is 0.139. The van der Waals surface area contributed by atoms with Crippen LogP contribution in [-0.4, -0.2) is 36.3 Å². The quantitative estimate of drug-likeness (QED) is 0.902. The van der Waals surface area contributed by atoms with Gasteiger partial charge in [-0.15, -0.1) is 0 Å². The number of hydrogen-bond donors (Lipinski definition) is 1. The average molecular weight is 344 g/mol. The van der Waals surface area contributed by atoms with Gasteiger partial charge in [0.1, 0.15) is 17.6 Å². The molecule has 3 heterocycles. The molecule has 3 rings (SSSR count). The van der Waals surface area contributed by atoms with Crippen molar-refractivity contribution in [2.75, 3.05) is 13.2 Å². The lowest BCUT2D eigenvalue weighted by atomic mass is 10.0. The highest BCUT2D eigenvalue weighted by molar-refractivity contribution is 5.95. The van der Waals surface area contributed by atoms with E-state index in [0.29, 0.717) is 36.8 Å². The molecule has 1 aliphatic heterocycles. The zero-order chi connectivity index (χ0) is 17.8. The van der Waals surface area contributed by atoms with Crippen molar-refractivity contribution in [1.29, 1.82) is 0 Å². The monoisotopic (exact) mass is 344 g/mol. The second-order valence-electron chi connectivity index (χ2n) is 6.54. The van der Waals surface area contributed by atoms with Gasteiger partial charge in [-0.3, -0.25) is 4.79 Å². The van der Waals surface area contributed by atoms with Crippen molar-refractivity contribution in [2.45, 2.75) is 45.3 Å². The van der Waals surface area contributed by atoms with Crippen LogP contribution in [0, 0.1) is 6.92 Å². The Morgan fingerprint density at radius 2 is 2.24 bits per heavy atom. The Bertz CT molecular complexity index is 711. The van der Waals surface area contributed by atoms with Crippen LogP contribution < -0.4 is 10.1 Å². The molecule has 0 spiro atoms. The summed E-state index contributed by atoms with van der Waals surface area (Å²) in [4.78, 5) is 16.9. The summed E-state index contributed by atoms with van der Waals surface area (Å²) < 4.78 is 17.1. The lowest BCUT2D eigenvalue weighted by molar-refractivity contribution is -0.0153. The molecule has 0 aliphatic carbocycles. The number of aromatic nitrogens is 1. The maximum atomic E-state index is 12.7. The Hall–Kier alpha value is -2.34. The number of nitrogens with zero attached hydrogens (tertiary/aromatic N) is 1. The van der Waals surface area contributed by atoms with Gasteiger partial charge in [0.2, 0.25) is 5.88 Å². The normalized spacial score (nSPS) is 20.5. The summed E-state index contributed by atoms with van der Waals surface area (Å²) in [6, 6.07) is 7.17. The number of carbonyl (C=O) groups excluding carboxylic acids is 1. The number of hydrogen-bond acceptors (Lipinski definition) is 5. The predicted molar refractivity (Wildman–Crippen MR) is 92.9 cm³/mol. The molecule has 6 nitrogen and oxygen atoms in total. The van der Waals surface area contributed by atoms with Crippen LogP contribution in [0.3, 0.4) is 0 Å². The molecule has 25 heavy (non-hydrogen) atoms. The zero-order valence-corrected chi connectivity index (χ0v) is 14.8. The minimum atomic E-state index is -0.274. The van der Waals surface area contributed by atoms with Gasteiger partial charge in [-0.05, 0) is 25.5 Å². The maximum Gasteiger partial charge on any atom is 0.255 e. The third-order valence-electron chi connectivity index (χ3n) is 4.28. The van der Waals surface area contributed by atoms with E-state index in [1.165, 1.54) is 0 Å². The number of nitrogens with one attached hydrogen (secondary N) is 1. The molecule has 0 radical (unpaired) electrons. The molecule has 2 atom stereocenters. The summed E-state index contributed by atoms with van der Waals surface area (Å²) in [5.74, 6) is 2.07. The van der Waals surface area contributed by atoms with E-state index in [9.17, 15) is 4.79 Å². The van der Waals surface area contributed by atoms with E-state index >= 15 is 0 Å². The number of amides is 1. The van der Waals surface area contributed by atoms with Crippen molar-refractivity contribution in [2.24, 2.45) is 0 Å². The topological polar surface area (TPSA) is 73.6 Å². The Morgan fingerprint density at radius 1 is 1.40 bits per heavy atom. The van der Waals surface area contributed by atoms with E-state index < -0.39 is 0 Å². The number of aryl methyl sites for hydroxylation is 1. The Morgan fingerprint density at radius 3 is 2.92 bits per heavy atom. The number of rotatable bonds is 5. The molecular weight excluding hydrogens is 320 g/mol. The van der Waals surface area contributed by atoms with Crippen molar-refractivity contribution in [3.05, 3.63) is 47.5 Å². The van der Waals surface area contributed by atoms with Crippen LogP contribution in [0.25, 0.3) is 0 Å². The number of furan rings is 1. The van der Waals surface area contributed by atoms with Crippen LogP contribution >= 0.6 is 0 Å². The summed E-state index contributed by atoms with van der Waals surface area (Å²) in [5, 5.41) is 3.07. The Balaban J connectivity index is 1.70. The van der Waals surface area contributed by atoms with Crippen molar-refractivity contribution >= 4 is 5.91 Å². The van der Waals surface area contributed by atoms with Gasteiger partial charge in [-0.25, -0.2) is 4.98 Å². The van der Waals surface area contributed by atoms with Gasteiger partial charge in [0, 0.05) is 24.8 Å². The molecule has 1 N–H and O–H groups in total. The Kier molecular flexibility index (Phi) is 5.38. The fourth-order valence-corrected chi connectivity index (χ4v) is 2.83. The van der Waals surface area contributed by atoms with Gasteiger partial charge in [-0.1, -0.05) is 19.9 Å². The summed E-state index contributed by atoms with van der Waals surface area (Å²) in [7, 11) is 0. The highest BCUT2D eigenvalue weighted by Gasteiger charge is 2.30. The fourth-order valence-electron chi connectivity index (χ4n) is 2.83. The molecule has 2 aromatic rings. The molecular formula is C19H24N2O4. The second-order valence-corrected chi connectivity index (χ2v) is 6.54. The highest BCUT2D eigenvalue weighted by Crippen LogP contribution is 2.22. The van der Waals surface area contributed by atoms with Crippen molar-refractivity contribution < 1.29 is 18.7 Å². The third kappa shape index (κ3) is 4.20. The van der Waals surface area contributed by atoms with Gasteiger partial charge in [0.25, 0.3) is 5.91 Å². The molecule has 6 heteroatoms. The van der Waals surface area contributed by atoms with E-state index in [1.807, 2.05) is 39.0 Å². The first-order valence-electron chi connectivity index (χ1n) is 8.61. The van der Waals surface area contributed by atoms with Crippen LogP contribution in [0.15, 0.2) is 34.9 Å². The second kappa shape index (κ2) is 7.70. The van der Waals surface area contributed by atoms with Gasteiger partial charge in [0.05, 0.1) is 18.2 Å². The van der Waals surface area contributed by atoms with Gasteiger partial charge in [0.15, 0.2) is 0 Å². The van der Waals surface area contributed by atoms with Crippen LogP contribution in [0.2, 0.25) is 0 Å². The van der Waals surface area contributed by atoms with Gasteiger partial charge >= 0.3 is 0 Å². The standard InChI is InChI=1S/C19H24N2O4/c1-12(2)16-10-14(13(3)24-16)19(22)21-15-7-9-23-11-17(15)25-18-6-4-5-8-20-18/h4-6,8,10,12,15,17H,7,9,11H2,1-3H3,(H,21,22)/t15-,17-/m1/s1. The van der Waals surface area contributed by atoms with Crippen molar-refractivity contribution in [1.82, 2.24) is 10.3 Å². The Labute approximate surface area is 147 Å². The molecule has 2 aromatic heterocycles. The van der Waals surface area contributed by atoms with E-state index in [-0.39, 0.29) is 24.0 Å². The molecule has 0 unspecified atom stereocenters. The van der Waals surface area contributed by atoms with Crippen molar-refractivity contribution in [3.8, 4) is 5.88 Å². The van der Waals surface area contributed by atoms with E-state index in [4.69, 9.17) is 13.9 Å². The number of carbonyl (C=O) groups is 1. The molecule has 134 valence electrons. The SMILES string of the molecule is Cc1oc(C(C)C)cc1C(=O)N[C@@H]1CCOC[C@H]1Oc1ccccn1.